The minimum atomic E-state index is -4.54. The number of rotatable bonds is 8. The number of sulfonamides is 1. The molecule has 30 heavy (non-hydrogen) atoms. The zero-order valence-corrected chi connectivity index (χ0v) is 16.6. The van der Waals surface area contributed by atoms with Crippen LogP contribution in [-0.4, -0.2) is 40.3 Å². The summed E-state index contributed by atoms with van der Waals surface area (Å²) in [6, 6.07) is 9.33. The van der Waals surface area contributed by atoms with Gasteiger partial charge in [-0.3, -0.25) is 4.79 Å². The average molecular weight is 444 g/mol. The number of nitrogens with one attached hydrogen (secondary N) is 2. The van der Waals surface area contributed by atoms with Crippen LogP contribution in [0.2, 0.25) is 0 Å². The molecule has 2 aromatic rings. The SMILES string of the molecule is COc1ccc(C(=O)Nc2ccccc2OCC(F)(F)F)cc1S(=O)(=O)NC1CC1. The Morgan fingerprint density at radius 2 is 1.83 bits per heavy atom. The first-order valence-electron chi connectivity index (χ1n) is 8.89. The van der Waals surface area contributed by atoms with Crippen LogP contribution in [0, 0.1) is 0 Å². The summed E-state index contributed by atoms with van der Waals surface area (Å²) in [4.78, 5) is 12.4. The Kier molecular flexibility index (Phi) is 6.22. The maximum Gasteiger partial charge on any atom is 0.422 e. The van der Waals surface area contributed by atoms with Gasteiger partial charge in [0.1, 0.15) is 16.4 Å². The van der Waals surface area contributed by atoms with Crippen molar-refractivity contribution in [2.45, 2.75) is 30.0 Å². The molecular formula is C19H19F3N2O5S. The van der Waals surface area contributed by atoms with Gasteiger partial charge in [-0.05, 0) is 43.2 Å². The molecule has 11 heteroatoms. The highest BCUT2D eigenvalue weighted by atomic mass is 32.2. The normalized spacial score (nSPS) is 14.3. The van der Waals surface area contributed by atoms with Gasteiger partial charge in [-0.15, -0.1) is 0 Å². The molecule has 162 valence electrons. The third-order valence-corrected chi connectivity index (χ3v) is 5.68. The molecule has 7 nitrogen and oxygen atoms in total. The van der Waals surface area contributed by atoms with Gasteiger partial charge in [0.25, 0.3) is 5.91 Å². The zero-order chi connectivity index (χ0) is 21.9. The second-order valence-corrected chi connectivity index (χ2v) is 8.30. The summed E-state index contributed by atoms with van der Waals surface area (Å²) < 4.78 is 74.8. The molecule has 2 N–H and O–H groups in total. The van der Waals surface area contributed by atoms with E-state index in [9.17, 15) is 26.4 Å². The first kappa shape index (κ1) is 21.9. The van der Waals surface area contributed by atoms with Gasteiger partial charge in [0.2, 0.25) is 10.0 Å². The number of hydrogen-bond acceptors (Lipinski definition) is 5. The zero-order valence-electron chi connectivity index (χ0n) is 15.8. The summed E-state index contributed by atoms with van der Waals surface area (Å²) in [5.74, 6) is -0.822. The van der Waals surface area contributed by atoms with E-state index in [1.807, 2.05) is 0 Å². The van der Waals surface area contributed by atoms with Crippen LogP contribution in [0.25, 0.3) is 0 Å². The number of methoxy groups -OCH3 is 1. The molecule has 0 saturated heterocycles. The van der Waals surface area contributed by atoms with Crippen molar-refractivity contribution in [2.24, 2.45) is 0 Å². The molecule has 0 heterocycles. The maximum absolute atomic E-state index is 12.6. The number of amides is 1. The summed E-state index contributed by atoms with van der Waals surface area (Å²) in [5.41, 5.74) is 0.000627. The van der Waals surface area contributed by atoms with E-state index >= 15 is 0 Å². The molecule has 1 aliphatic rings. The molecule has 3 rings (SSSR count). The Labute approximate surface area is 171 Å². The molecular weight excluding hydrogens is 425 g/mol. The van der Waals surface area contributed by atoms with E-state index in [1.165, 1.54) is 43.5 Å². The topological polar surface area (TPSA) is 93.7 Å². The number of halogens is 3. The van der Waals surface area contributed by atoms with Gasteiger partial charge in [-0.1, -0.05) is 12.1 Å². The predicted octanol–water partition coefficient (Wildman–Crippen LogP) is 3.33. The van der Waals surface area contributed by atoms with Crippen molar-refractivity contribution < 1.29 is 35.9 Å². The van der Waals surface area contributed by atoms with Crippen molar-refractivity contribution >= 4 is 21.6 Å². The number of alkyl halides is 3. The van der Waals surface area contributed by atoms with E-state index in [4.69, 9.17) is 9.47 Å². The molecule has 0 atom stereocenters. The first-order valence-corrected chi connectivity index (χ1v) is 10.4. The first-order chi connectivity index (χ1) is 14.1. The summed E-state index contributed by atoms with van der Waals surface area (Å²) in [6.45, 7) is -1.52. The summed E-state index contributed by atoms with van der Waals surface area (Å²) in [6.07, 6.45) is -3.07. The fourth-order valence-electron chi connectivity index (χ4n) is 2.56. The van der Waals surface area contributed by atoms with E-state index in [0.717, 1.165) is 18.9 Å². The van der Waals surface area contributed by atoms with Crippen molar-refractivity contribution in [3.63, 3.8) is 0 Å². The second kappa shape index (κ2) is 8.52. The lowest BCUT2D eigenvalue weighted by Crippen LogP contribution is -2.26. The van der Waals surface area contributed by atoms with E-state index in [0.29, 0.717) is 0 Å². The fraction of sp³-hybridized carbons (Fsp3) is 0.316. The molecule has 0 bridgehead atoms. The standard InChI is InChI=1S/C19H19F3N2O5S/c1-28-16-9-6-12(10-17(16)30(26,27)24-13-7-8-13)18(25)23-14-4-2-3-5-15(14)29-11-19(20,21)22/h2-6,9-10,13,24H,7-8,11H2,1H3,(H,23,25). The highest BCUT2D eigenvalue weighted by Gasteiger charge is 2.31. The summed E-state index contributed by atoms with van der Waals surface area (Å²) >= 11 is 0. The molecule has 0 aliphatic heterocycles. The number of ether oxygens (including phenoxy) is 2. The predicted molar refractivity (Wildman–Crippen MR) is 102 cm³/mol. The van der Waals surface area contributed by atoms with Crippen LogP contribution in [-0.2, 0) is 10.0 Å². The van der Waals surface area contributed by atoms with Gasteiger partial charge in [-0.25, -0.2) is 13.1 Å². The van der Waals surface area contributed by atoms with Crippen LogP contribution in [0.4, 0.5) is 18.9 Å². The fourth-order valence-corrected chi connectivity index (χ4v) is 4.06. The van der Waals surface area contributed by atoms with Crippen molar-refractivity contribution in [2.75, 3.05) is 19.0 Å². The molecule has 0 aromatic heterocycles. The number of para-hydroxylation sites is 2. The van der Waals surface area contributed by atoms with Gasteiger partial charge >= 0.3 is 6.18 Å². The van der Waals surface area contributed by atoms with Gasteiger partial charge < -0.3 is 14.8 Å². The van der Waals surface area contributed by atoms with Crippen LogP contribution in [0.3, 0.4) is 0 Å². The highest BCUT2D eigenvalue weighted by molar-refractivity contribution is 7.89. The largest absolute Gasteiger partial charge is 0.495 e. The Balaban J connectivity index is 1.83. The molecule has 0 unspecified atom stereocenters. The summed E-state index contributed by atoms with van der Waals surface area (Å²) in [5, 5.41) is 2.45. The lowest BCUT2D eigenvalue weighted by atomic mass is 10.2. The van der Waals surface area contributed by atoms with E-state index < -0.39 is 28.7 Å². The molecule has 1 saturated carbocycles. The molecule has 1 aliphatic carbocycles. The van der Waals surface area contributed by atoms with E-state index in [1.54, 1.807) is 0 Å². The van der Waals surface area contributed by atoms with Crippen molar-refractivity contribution in [1.29, 1.82) is 0 Å². The highest BCUT2D eigenvalue weighted by Crippen LogP contribution is 2.30. The van der Waals surface area contributed by atoms with Crippen LogP contribution in [0.5, 0.6) is 11.5 Å². The minimum Gasteiger partial charge on any atom is -0.495 e. The van der Waals surface area contributed by atoms with E-state index in [-0.39, 0.29) is 33.7 Å². The van der Waals surface area contributed by atoms with Crippen LogP contribution < -0.4 is 19.5 Å². The number of benzene rings is 2. The van der Waals surface area contributed by atoms with Gasteiger partial charge in [0.15, 0.2) is 6.61 Å². The maximum atomic E-state index is 12.6. The molecule has 0 spiro atoms. The van der Waals surface area contributed by atoms with Crippen molar-refractivity contribution in [3.05, 3.63) is 48.0 Å². The van der Waals surface area contributed by atoms with Crippen LogP contribution in [0.1, 0.15) is 23.2 Å². The Hall–Kier alpha value is -2.79. The van der Waals surface area contributed by atoms with Gasteiger partial charge in [0, 0.05) is 11.6 Å². The second-order valence-electron chi connectivity index (χ2n) is 6.62. The number of carbonyl (C=O) groups is 1. The Morgan fingerprint density at radius 3 is 2.47 bits per heavy atom. The molecule has 1 amide bonds. The third-order valence-electron chi connectivity index (χ3n) is 4.14. The molecule has 1 fully saturated rings. The third kappa shape index (κ3) is 5.63. The smallest absolute Gasteiger partial charge is 0.422 e. The van der Waals surface area contributed by atoms with Crippen molar-refractivity contribution in [1.82, 2.24) is 4.72 Å². The minimum absolute atomic E-state index is 0.0161. The number of carbonyl (C=O) groups excluding carboxylic acids is 1. The van der Waals surface area contributed by atoms with Gasteiger partial charge in [0.05, 0.1) is 12.8 Å². The van der Waals surface area contributed by atoms with Crippen molar-refractivity contribution in [3.8, 4) is 11.5 Å². The monoisotopic (exact) mass is 444 g/mol. The summed E-state index contributed by atoms with van der Waals surface area (Å²) in [7, 11) is -2.60. The Bertz CT molecular complexity index is 1040. The molecule has 2 aromatic carbocycles. The number of anilines is 1. The molecule has 0 radical (unpaired) electrons. The lowest BCUT2D eigenvalue weighted by molar-refractivity contribution is -0.153. The quantitative estimate of drug-likeness (QED) is 0.652. The van der Waals surface area contributed by atoms with E-state index in [2.05, 4.69) is 10.0 Å². The lowest BCUT2D eigenvalue weighted by Gasteiger charge is -2.15. The van der Waals surface area contributed by atoms with Crippen LogP contribution >= 0.6 is 0 Å². The van der Waals surface area contributed by atoms with Gasteiger partial charge in [-0.2, -0.15) is 13.2 Å². The van der Waals surface area contributed by atoms with Crippen LogP contribution in [0.15, 0.2) is 47.4 Å². The average Bonchev–Trinajstić information content (AvgIpc) is 3.49. The number of hydrogen-bond donors (Lipinski definition) is 2. The Morgan fingerprint density at radius 1 is 1.13 bits per heavy atom.